The third-order valence-corrected chi connectivity index (χ3v) is 10.2. The van der Waals surface area contributed by atoms with Gasteiger partial charge in [-0.25, -0.2) is 0 Å². The minimum absolute atomic E-state index is 0.0459. The van der Waals surface area contributed by atoms with E-state index in [1.54, 1.807) is 16.7 Å². The number of hydrogen-bond acceptors (Lipinski definition) is 7. The first kappa shape index (κ1) is 26.7. The highest BCUT2D eigenvalue weighted by Crippen LogP contribution is 2.71. The Morgan fingerprint density at radius 1 is 1.09 bits per heavy atom. The number of nitrogens with one attached hydrogen (secondary N) is 2. The smallest absolute Gasteiger partial charge is 0.244 e. The van der Waals surface area contributed by atoms with E-state index in [2.05, 4.69) is 22.5 Å². The first-order chi connectivity index (χ1) is 16.9. The first-order valence-corrected chi connectivity index (χ1v) is 14.2. The van der Waals surface area contributed by atoms with Crippen LogP contribution in [0.1, 0.15) is 52.4 Å². The van der Waals surface area contributed by atoms with Gasteiger partial charge in [-0.1, -0.05) is 6.92 Å². The van der Waals surface area contributed by atoms with Gasteiger partial charge >= 0.3 is 0 Å². The molecule has 1 spiro atoms. The number of ether oxygens (including phenoxy) is 1. The lowest BCUT2D eigenvalue weighted by molar-refractivity contribution is -0.140. The third-order valence-electron chi connectivity index (χ3n) is 8.24. The molecule has 35 heavy (non-hydrogen) atoms. The van der Waals surface area contributed by atoms with Gasteiger partial charge in [0.1, 0.15) is 6.04 Å². The summed E-state index contributed by atoms with van der Waals surface area (Å²) in [5.41, 5.74) is 0. The van der Waals surface area contributed by atoms with E-state index in [1.165, 1.54) is 0 Å². The molecule has 0 aliphatic carbocycles. The highest BCUT2D eigenvalue weighted by atomic mass is 32.2. The minimum Gasteiger partial charge on any atom is -0.396 e. The van der Waals surface area contributed by atoms with Crippen LogP contribution in [0.15, 0.2) is 0 Å². The normalized spacial score (nSPS) is 34.3. The molecule has 4 aliphatic heterocycles. The molecule has 4 saturated heterocycles. The molecule has 4 heterocycles. The molecule has 3 N–H and O–H groups in total. The SMILES string of the molecule is CCCNC(=O)[C@@H]1[C@H]2C(=O)N(CCCCCO)C(C(=O)NCCN3CCOCC3)C23CC[C@@]1(C)S3. The lowest BCUT2D eigenvalue weighted by atomic mass is 9.66. The molecule has 4 rings (SSSR count). The fourth-order valence-corrected chi connectivity index (χ4v) is 8.91. The van der Waals surface area contributed by atoms with Crippen LogP contribution >= 0.6 is 11.8 Å². The van der Waals surface area contributed by atoms with E-state index in [1.807, 2.05) is 6.92 Å². The maximum atomic E-state index is 13.9. The highest BCUT2D eigenvalue weighted by Gasteiger charge is 2.76. The van der Waals surface area contributed by atoms with E-state index >= 15 is 0 Å². The van der Waals surface area contributed by atoms with Gasteiger partial charge < -0.3 is 25.4 Å². The largest absolute Gasteiger partial charge is 0.396 e. The van der Waals surface area contributed by atoms with Gasteiger partial charge in [0.25, 0.3) is 0 Å². The molecular formula is C25H42N4O5S. The van der Waals surface area contributed by atoms with Crippen molar-refractivity contribution in [1.82, 2.24) is 20.4 Å². The van der Waals surface area contributed by atoms with Gasteiger partial charge in [0.15, 0.2) is 0 Å². The molecule has 2 bridgehead atoms. The number of fused-ring (bicyclic) bond motifs is 1. The van der Waals surface area contributed by atoms with E-state index in [-0.39, 0.29) is 29.1 Å². The molecule has 0 aromatic rings. The Morgan fingerprint density at radius 2 is 1.83 bits per heavy atom. The number of morpholine rings is 1. The molecule has 0 aromatic heterocycles. The molecule has 10 heteroatoms. The summed E-state index contributed by atoms with van der Waals surface area (Å²) in [4.78, 5) is 44.9. The monoisotopic (exact) mass is 510 g/mol. The molecule has 4 aliphatic rings. The van der Waals surface area contributed by atoms with E-state index in [4.69, 9.17) is 9.84 Å². The predicted molar refractivity (Wildman–Crippen MR) is 135 cm³/mol. The summed E-state index contributed by atoms with van der Waals surface area (Å²) >= 11 is 1.72. The van der Waals surface area contributed by atoms with Crippen molar-refractivity contribution in [2.24, 2.45) is 11.8 Å². The molecule has 4 fully saturated rings. The van der Waals surface area contributed by atoms with Crippen LogP contribution in [0.5, 0.6) is 0 Å². The van der Waals surface area contributed by atoms with Crippen molar-refractivity contribution in [3.8, 4) is 0 Å². The quantitative estimate of drug-likeness (QED) is 0.330. The second kappa shape index (κ2) is 11.4. The number of rotatable bonds is 12. The zero-order valence-corrected chi connectivity index (χ0v) is 22.0. The summed E-state index contributed by atoms with van der Waals surface area (Å²) in [6.45, 7) is 9.79. The van der Waals surface area contributed by atoms with Gasteiger partial charge in [-0.3, -0.25) is 19.3 Å². The summed E-state index contributed by atoms with van der Waals surface area (Å²) < 4.78 is 4.53. The number of thioether (sulfide) groups is 1. The molecule has 198 valence electrons. The molecule has 5 atom stereocenters. The average molecular weight is 511 g/mol. The van der Waals surface area contributed by atoms with Crippen molar-refractivity contribution in [1.29, 1.82) is 0 Å². The van der Waals surface area contributed by atoms with Crippen LogP contribution in [-0.4, -0.2) is 107 Å². The van der Waals surface area contributed by atoms with Crippen molar-refractivity contribution < 1.29 is 24.2 Å². The summed E-state index contributed by atoms with van der Waals surface area (Å²) in [5.74, 6) is -1.06. The van der Waals surface area contributed by atoms with Crippen LogP contribution < -0.4 is 10.6 Å². The molecule has 2 unspecified atom stereocenters. The minimum atomic E-state index is -0.561. The van der Waals surface area contributed by atoms with Crippen molar-refractivity contribution >= 4 is 29.5 Å². The number of likely N-dealkylation sites (tertiary alicyclic amines) is 1. The lowest BCUT2D eigenvalue weighted by Crippen LogP contribution is -2.55. The van der Waals surface area contributed by atoms with Crippen molar-refractivity contribution in [2.75, 3.05) is 59.1 Å². The van der Waals surface area contributed by atoms with E-state index in [0.29, 0.717) is 39.3 Å². The number of aliphatic hydroxyl groups excluding tert-OH is 1. The number of nitrogens with zero attached hydrogens (tertiary/aromatic N) is 2. The van der Waals surface area contributed by atoms with E-state index < -0.39 is 22.6 Å². The van der Waals surface area contributed by atoms with Crippen LogP contribution in [0.25, 0.3) is 0 Å². The predicted octanol–water partition coefficient (Wildman–Crippen LogP) is 0.605. The summed E-state index contributed by atoms with van der Waals surface area (Å²) in [6, 6.07) is -0.561. The Labute approximate surface area is 213 Å². The van der Waals surface area contributed by atoms with Gasteiger partial charge in [0.2, 0.25) is 17.7 Å². The Hall–Kier alpha value is -1.36. The topological polar surface area (TPSA) is 111 Å². The third kappa shape index (κ3) is 5.08. The number of aliphatic hydroxyl groups is 1. The lowest BCUT2D eigenvalue weighted by Gasteiger charge is -2.35. The molecule has 0 saturated carbocycles. The van der Waals surface area contributed by atoms with Crippen molar-refractivity contribution in [3.63, 3.8) is 0 Å². The maximum absolute atomic E-state index is 13.9. The van der Waals surface area contributed by atoms with Gasteiger partial charge in [0, 0.05) is 50.6 Å². The number of carbonyl (C=O) groups is 3. The van der Waals surface area contributed by atoms with Gasteiger partial charge in [-0.05, 0) is 45.4 Å². The van der Waals surface area contributed by atoms with Gasteiger partial charge in [0.05, 0.1) is 29.8 Å². The van der Waals surface area contributed by atoms with E-state index in [9.17, 15) is 14.4 Å². The maximum Gasteiger partial charge on any atom is 0.244 e. The van der Waals surface area contributed by atoms with Crippen LogP contribution in [-0.2, 0) is 19.1 Å². The van der Waals surface area contributed by atoms with Gasteiger partial charge in [-0.15, -0.1) is 11.8 Å². The van der Waals surface area contributed by atoms with Crippen molar-refractivity contribution in [2.45, 2.75) is 67.9 Å². The second-order valence-electron chi connectivity index (χ2n) is 10.6. The van der Waals surface area contributed by atoms with Crippen LogP contribution in [0.4, 0.5) is 0 Å². The standard InChI is InChI=1S/C25H42N4O5S/c1-3-9-26-21(31)18-19-23(33)29(11-5-4-6-15-30)20(25(19)8-7-24(18,2)35-25)22(32)27-10-12-28-13-16-34-17-14-28/h18-20,30H,3-17H2,1-2H3,(H,26,31)(H,27,32)/t18-,19-,20?,24+,25?/m0/s1. The van der Waals surface area contributed by atoms with Gasteiger partial charge in [-0.2, -0.15) is 0 Å². The molecule has 9 nitrogen and oxygen atoms in total. The van der Waals surface area contributed by atoms with Crippen molar-refractivity contribution in [3.05, 3.63) is 0 Å². The fraction of sp³-hybridized carbons (Fsp3) is 0.880. The van der Waals surface area contributed by atoms with Crippen LogP contribution in [0.2, 0.25) is 0 Å². The van der Waals surface area contributed by atoms with Crippen LogP contribution in [0.3, 0.4) is 0 Å². The number of amides is 3. The average Bonchev–Trinajstić information content (AvgIpc) is 3.41. The molecule has 3 amide bonds. The summed E-state index contributed by atoms with van der Waals surface area (Å²) in [6.07, 6.45) is 4.67. The molecule has 0 radical (unpaired) electrons. The summed E-state index contributed by atoms with van der Waals surface area (Å²) in [5, 5.41) is 15.3. The number of hydrogen-bond donors (Lipinski definition) is 3. The zero-order valence-electron chi connectivity index (χ0n) is 21.2. The number of carbonyl (C=O) groups excluding carboxylic acids is 3. The Balaban J connectivity index is 1.53. The Bertz CT molecular complexity index is 794. The fourth-order valence-electron chi connectivity index (χ4n) is 6.56. The Kier molecular flexibility index (Phi) is 8.66. The number of unbranched alkanes of at least 4 members (excludes halogenated alkanes) is 2. The molecular weight excluding hydrogens is 468 g/mol. The van der Waals surface area contributed by atoms with E-state index in [0.717, 1.165) is 51.7 Å². The van der Waals surface area contributed by atoms with Crippen LogP contribution in [0, 0.1) is 11.8 Å². The zero-order chi connectivity index (χ0) is 25.1. The Morgan fingerprint density at radius 3 is 2.54 bits per heavy atom. The second-order valence-corrected chi connectivity index (χ2v) is 12.5. The molecule has 0 aromatic carbocycles. The summed E-state index contributed by atoms with van der Waals surface area (Å²) in [7, 11) is 0. The highest BCUT2D eigenvalue weighted by molar-refractivity contribution is 8.02. The first-order valence-electron chi connectivity index (χ1n) is 13.3.